The van der Waals surface area contributed by atoms with Crippen molar-refractivity contribution in [1.29, 1.82) is 0 Å². The largest absolute Gasteiger partial charge is 0.356 e. The highest BCUT2D eigenvalue weighted by molar-refractivity contribution is 8.01. The molecule has 1 aliphatic heterocycles. The molecule has 29 heavy (non-hydrogen) atoms. The topological polar surface area (TPSA) is 58.1 Å². The fourth-order valence-corrected chi connectivity index (χ4v) is 5.23. The maximum absolute atomic E-state index is 13.1. The molecule has 2 heterocycles. The van der Waals surface area contributed by atoms with E-state index in [9.17, 15) is 9.18 Å². The molecule has 150 valence electrons. The number of anilines is 1. The van der Waals surface area contributed by atoms with E-state index in [1.807, 2.05) is 35.2 Å². The molecule has 1 saturated heterocycles. The molecule has 0 saturated carbocycles. The zero-order valence-corrected chi connectivity index (χ0v) is 17.4. The standard InChI is InChI=1S/C21H21FN4OS2/c22-17-10-8-15(9-11-17)14-23-20-24-25-21(29-20)28-18(16-6-2-1-3-7-16)19(27)26-12-4-5-13-26/h1-3,6-11,18H,4-5,12-14H2,(H,23,24)/t18-/m0/s1. The first kappa shape index (κ1) is 19.8. The first-order chi connectivity index (χ1) is 14.2. The molecule has 0 spiro atoms. The summed E-state index contributed by atoms with van der Waals surface area (Å²) in [4.78, 5) is 15.1. The average Bonchev–Trinajstić information content (AvgIpc) is 3.44. The monoisotopic (exact) mass is 428 g/mol. The van der Waals surface area contributed by atoms with Crippen molar-refractivity contribution in [2.75, 3.05) is 18.4 Å². The molecule has 1 N–H and O–H groups in total. The van der Waals surface area contributed by atoms with Gasteiger partial charge in [-0.2, -0.15) is 0 Å². The molecule has 0 radical (unpaired) electrons. The number of likely N-dealkylation sites (tertiary alicyclic amines) is 1. The second-order valence-corrected chi connectivity index (χ2v) is 9.12. The molecule has 1 fully saturated rings. The maximum Gasteiger partial charge on any atom is 0.240 e. The molecule has 0 unspecified atom stereocenters. The minimum absolute atomic E-state index is 0.134. The second-order valence-electron chi connectivity index (χ2n) is 6.79. The number of hydrogen-bond donors (Lipinski definition) is 1. The third-order valence-corrected chi connectivity index (χ3v) is 6.93. The zero-order valence-electron chi connectivity index (χ0n) is 15.8. The van der Waals surface area contributed by atoms with Crippen molar-refractivity contribution in [1.82, 2.24) is 15.1 Å². The van der Waals surface area contributed by atoms with E-state index in [4.69, 9.17) is 0 Å². The fraction of sp³-hybridized carbons (Fsp3) is 0.286. The first-order valence-corrected chi connectivity index (χ1v) is 11.2. The predicted molar refractivity (Wildman–Crippen MR) is 114 cm³/mol. The lowest BCUT2D eigenvalue weighted by Gasteiger charge is -2.22. The summed E-state index contributed by atoms with van der Waals surface area (Å²) in [6, 6.07) is 16.2. The van der Waals surface area contributed by atoms with Crippen LogP contribution in [0.15, 0.2) is 58.9 Å². The van der Waals surface area contributed by atoms with Gasteiger partial charge in [-0.1, -0.05) is 65.6 Å². The van der Waals surface area contributed by atoms with Crippen molar-refractivity contribution in [2.45, 2.75) is 29.0 Å². The van der Waals surface area contributed by atoms with Gasteiger partial charge in [0.05, 0.1) is 0 Å². The van der Waals surface area contributed by atoms with Gasteiger partial charge in [0.25, 0.3) is 0 Å². The molecule has 0 bridgehead atoms. The van der Waals surface area contributed by atoms with Crippen LogP contribution < -0.4 is 5.32 Å². The molecule has 1 aliphatic rings. The van der Waals surface area contributed by atoms with E-state index in [0.29, 0.717) is 11.7 Å². The number of nitrogens with one attached hydrogen (secondary N) is 1. The molecule has 4 rings (SSSR count). The van der Waals surface area contributed by atoms with Gasteiger partial charge < -0.3 is 10.2 Å². The van der Waals surface area contributed by atoms with Crippen molar-refractivity contribution in [3.8, 4) is 0 Å². The Balaban J connectivity index is 1.45. The van der Waals surface area contributed by atoms with Crippen molar-refractivity contribution in [2.24, 2.45) is 0 Å². The highest BCUT2D eigenvalue weighted by Crippen LogP contribution is 2.39. The van der Waals surface area contributed by atoms with Crippen LogP contribution in [0.4, 0.5) is 9.52 Å². The number of thioether (sulfide) groups is 1. The fourth-order valence-electron chi connectivity index (χ4n) is 3.20. The molecule has 2 aromatic carbocycles. The smallest absolute Gasteiger partial charge is 0.240 e. The van der Waals surface area contributed by atoms with Gasteiger partial charge in [-0.3, -0.25) is 4.79 Å². The Kier molecular flexibility index (Phi) is 6.41. The van der Waals surface area contributed by atoms with Crippen molar-refractivity contribution < 1.29 is 9.18 Å². The first-order valence-electron chi connectivity index (χ1n) is 9.51. The second kappa shape index (κ2) is 9.37. The number of hydrogen-bond acceptors (Lipinski definition) is 6. The Hall–Kier alpha value is -2.45. The van der Waals surface area contributed by atoms with Crippen LogP contribution in [0.1, 0.15) is 29.2 Å². The molecule has 3 aromatic rings. The van der Waals surface area contributed by atoms with Crippen LogP contribution in [0.3, 0.4) is 0 Å². The van der Waals surface area contributed by atoms with Crippen molar-refractivity contribution >= 4 is 34.1 Å². The Morgan fingerprint density at radius 2 is 1.83 bits per heavy atom. The predicted octanol–water partition coefficient (Wildman–Crippen LogP) is 4.75. The molecule has 1 amide bonds. The Morgan fingerprint density at radius 1 is 1.10 bits per heavy atom. The molecule has 1 atom stereocenters. The Bertz CT molecular complexity index is 943. The van der Waals surface area contributed by atoms with Gasteiger partial charge in [-0.05, 0) is 36.1 Å². The summed E-state index contributed by atoms with van der Waals surface area (Å²) in [7, 11) is 0. The van der Waals surface area contributed by atoms with Gasteiger partial charge in [0.2, 0.25) is 11.0 Å². The number of benzene rings is 2. The number of rotatable bonds is 7. The summed E-state index contributed by atoms with van der Waals surface area (Å²) in [5.74, 6) is -0.118. The van der Waals surface area contributed by atoms with Gasteiger partial charge in [0, 0.05) is 19.6 Å². The molecule has 0 aliphatic carbocycles. The van der Waals surface area contributed by atoms with E-state index in [-0.39, 0.29) is 17.0 Å². The summed E-state index contributed by atoms with van der Waals surface area (Å²) in [5.41, 5.74) is 1.94. The van der Waals surface area contributed by atoms with Crippen molar-refractivity contribution in [3.63, 3.8) is 0 Å². The highest BCUT2D eigenvalue weighted by Gasteiger charge is 2.29. The quantitative estimate of drug-likeness (QED) is 0.551. The molecule has 1 aromatic heterocycles. The van der Waals surface area contributed by atoms with Gasteiger partial charge in [0.1, 0.15) is 11.1 Å². The molecule has 5 nitrogen and oxygen atoms in total. The van der Waals surface area contributed by atoms with Crippen LogP contribution in [-0.4, -0.2) is 34.1 Å². The molecular weight excluding hydrogens is 407 g/mol. The third-order valence-electron chi connectivity index (χ3n) is 4.73. The van der Waals surface area contributed by atoms with Crippen LogP contribution in [-0.2, 0) is 11.3 Å². The normalized spacial score (nSPS) is 14.7. The van der Waals surface area contributed by atoms with E-state index in [0.717, 1.165) is 41.4 Å². The third kappa shape index (κ3) is 5.13. The lowest BCUT2D eigenvalue weighted by molar-refractivity contribution is -0.129. The summed E-state index contributed by atoms with van der Waals surface area (Å²) in [5, 5.41) is 12.0. The van der Waals surface area contributed by atoms with Crippen molar-refractivity contribution in [3.05, 3.63) is 71.5 Å². The number of carbonyl (C=O) groups is 1. The minimum Gasteiger partial charge on any atom is -0.356 e. The number of amides is 1. The number of nitrogens with zero attached hydrogens (tertiary/aromatic N) is 3. The van der Waals surface area contributed by atoms with Crippen LogP contribution >= 0.6 is 23.1 Å². The molecular formula is C21H21FN4OS2. The van der Waals surface area contributed by atoms with Gasteiger partial charge in [0.15, 0.2) is 4.34 Å². The van der Waals surface area contributed by atoms with E-state index in [1.165, 1.54) is 35.2 Å². The van der Waals surface area contributed by atoms with Crippen LogP contribution in [0, 0.1) is 5.82 Å². The summed E-state index contributed by atoms with van der Waals surface area (Å²) in [6.45, 7) is 2.18. The van der Waals surface area contributed by atoms with Gasteiger partial charge >= 0.3 is 0 Å². The molecule has 8 heteroatoms. The average molecular weight is 429 g/mol. The number of aromatic nitrogens is 2. The van der Waals surface area contributed by atoms with E-state index in [2.05, 4.69) is 15.5 Å². The van der Waals surface area contributed by atoms with E-state index in [1.54, 1.807) is 12.1 Å². The van der Waals surface area contributed by atoms with E-state index < -0.39 is 0 Å². The Morgan fingerprint density at radius 3 is 2.55 bits per heavy atom. The van der Waals surface area contributed by atoms with Crippen LogP contribution in [0.25, 0.3) is 0 Å². The highest BCUT2D eigenvalue weighted by atomic mass is 32.2. The van der Waals surface area contributed by atoms with E-state index >= 15 is 0 Å². The van der Waals surface area contributed by atoms with Crippen LogP contribution in [0.2, 0.25) is 0 Å². The summed E-state index contributed by atoms with van der Waals surface area (Å²) < 4.78 is 13.8. The number of carbonyl (C=O) groups excluding carboxylic acids is 1. The van der Waals surface area contributed by atoms with Gasteiger partial charge in [-0.15, -0.1) is 10.2 Å². The zero-order chi connectivity index (χ0) is 20.1. The lowest BCUT2D eigenvalue weighted by atomic mass is 10.1. The minimum atomic E-state index is -0.327. The SMILES string of the molecule is O=C([C@@H](Sc1nnc(NCc2ccc(F)cc2)s1)c1ccccc1)N1CCCC1. The maximum atomic E-state index is 13.1. The Labute approximate surface area is 177 Å². The van der Waals surface area contributed by atoms with Gasteiger partial charge in [-0.25, -0.2) is 4.39 Å². The summed E-state index contributed by atoms with van der Waals surface area (Å²) in [6.07, 6.45) is 2.13. The summed E-state index contributed by atoms with van der Waals surface area (Å²) >= 11 is 2.87. The lowest BCUT2D eigenvalue weighted by Crippen LogP contribution is -2.31. The van der Waals surface area contributed by atoms with Crippen LogP contribution in [0.5, 0.6) is 0 Å². The number of halogens is 1.